The predicted octanol–water partition coefficient (Wildman–Crippen LogP) is 3.47. The topological polar surface area (TPSA) is 84.2 Å². The van der Waals surface area contributed by atoms with Gasteiger partial charge in [-0.15, -0.1) is 0 Å². The monoisotopic (exact) mass is 353 g/mol. The molecule has 0 radical (unpaired) electrons. The van der Waals surface area contributed by atoms with E-state index in [9.17, 15) is 9.59 Å². The average Bonchev–Trinajstić information content (AvgIpc) is 2.62. The van der Waals surface area contributed by atoms with Crippen molar-refractivity contribution in [2.45, 2.75) is 39.3 Å². The van der Waals surface area contributed by atoms with Gasteiger partial charge in [-0.05, 0) is 29.0 Å². The number of nitrogens with two attached hydrogens (primary N) is 1. The smallest absolute Gasteiger partial charge is 0.318 e. The molecule has 26 heavy (non-hydrogen) atoms. The molecule has 0 spiro atoms. The highest BCUT2D eigenvalue weighted by Gasteiger charge is 2.27. The largest absolute Gasteiger partial charge is 0.351 e. The summed E-state index contributed by atoms with van der Waals surface area (Å²) in [4.78, 5) is 23.7. The Bertz CT molecular complexity index is 727. The zero-order valence-corrected chi connectivity index (χ0v) is 15.5. The third kappa shape index (κ3) is 5.17. The van der Waals surface area contributed by atoms with E-state index in [0.717, 1.165) is 17.5 Å². The highest BCUT2D eigenvalue weighted by Crippen LogP contribution is 2.26. The van der Waals surface area contributed by atoms with E-state index >= 15 is 0 Å². The first-order chi connectivity index (χ1) is 12.4. The minimum Gasteiger partial charge on any atom is -0.351 e. The fourth-order valence-corrected chi connectivity index (χ4v) is 2.98. The number of nitrogens with one attached hydrogen (secondary N) is 2. The van der Waals surface area contributed by atoms with Gasteiger partial charge >= 0.3 is 6.03 Å². The molecule has 5 heteroatoms. The summed E-state index contributed by atoms with van der Waals surface area (Å²) in [5.74, 6) is -0.213. The second-order valence-electron chi connectivity index (χ2n) is 6.68. The van der Waals surface area contributed by atoms with Crippen molar-refractivity contribution >= 4 is 11.9 Å². The first-order valence-corrected chi connectivity index (χ1v) is 8.92. The van der Waals surface area contributed by atoms with E-state index in [4.69, 9.17) is 5.73 Å². The molecular formula is C21H27N3O2. The zero-order valence-electron chi connectivity index (χ0n) is 15.5. The van der Waals surface area contributed by atoms with Crippen LogP contribution < -0.4 is 16.4 Å². The van der Waals surface area contributed by atoms with Crippen molar-refractivity contribution in [3.05, 3.63) is 71.3 Å². The van der Waals surface area contributed by atoms with E-state index in [1.165, 1.54) is 5.56 Å². The average molecular weight is 353 g/mol. The highest BCUT2D eigenvalue weighted by atomic mass is 16.2. The van der Waals surface area contributed by atoms with Gasteiger partial charge in [-0.25, -0.2) is 4.79 Å². The lowest BCUT2D eigenvalue weighted by molar-refractivity contribution is -0.122. The quantitative estimate of drug-likeness (QED) is 0.712. The summed E-state index contributed by atoms with van der Waals surface area (Å²) in [6, 6.07) is 16.1. The number of carbonyl (C=O) groups excluding carboxylic acids is 2. The van der Waals surface area contributed by atoms with Crippen LogP contribution in [0.1, 0.15) is 49.5 Å². The lowest BCUT2D eigenvalue weighted by Crippen LogP contribution is -2.44. The molecule has 0 saturated carbocycles. The SMILES string of the molecule is CCc1ccc([C@H](N[C@H](C(=O)NC(N)=O)c2ccccc2)C(C)C)cc1. The van der Waals surface area contributed by atoms with Crippen LogP contribution >= 0.6 is 0 Å². The zero-order chi connectivity index (χ0) is 19.1. The van der Waals surface area contributed by atoms with Crippen LogP contribution in [0.5, 0.6) is 0 Å². The number of hydrogen-bond acceptors (Lipinski definition) is 3. The van der Waals surface area contributed by atoms with Gasteiger partial charge in [0.1, 0.15) is 6.04 Å². The summed E-state index contributed by atoms with van der Waals surface area (Å²) in [5, 5.41) is 5.60. The molecule has 4 N–H and O–H groups in total. The molecule has 0 bridgehead atoms. The Morgan fingerprint density at radius 1 is 0.962 bits per heavy atom. The van der Waals surface area contributed by atoms with Gasteiger partial charge in [0.05, 0.1) is 0 Å². The van der Waals surface area contributed by atoms with Crippen molar-refractivity contribution in [1.82, 2.24) is 10.6 Å². The van der Waals surface area contributed by atoms with E-state index in [0.29, 0.717) is 0 Å². The van der Waals surface area contributed by atoms with E-state index in [1.54, 1.807) is 0 Å². The molecule has 2 rings (SSSR count). The molecule has 5 nitrogen and oxygen atoms in total. The normalized spacial score (nSPS) is 13.2. The van der Waals surface area contributed by atoms with Gasteiger partial charge in [-0.1, -0.05) is 75.4 Å². The van der Waals surface area contributed by atoms with Gasteiger partial charge in [0.15, 0.2) is 0 Å². The summed E-state index contributed by atoms with van der Waals surface area (Å²) in [7, 11) is 0. The maximum Gasteiger partial charge on any atom is 0.318 e. The van der Waals surface area contributed by atoms with Crippen LogP contribution in [0.3, 0.4) is 0 Å². The summed E-state index contributed by atoms with van der Waals surface area (Å²) >= 11 is 0. The number of rotatable bonds is 7. The molecule has 2 aromatic rings. The Kier molecular flexibility index (Phi) is 6.92. The van der Waals surface area contributed by atoms with E-state index in [-0.39, 0.29) is 12.0 Å². The molecule has 3 amide bonds. The molecule has 0 aliphatic carbocycles. The number of primary amides is 1. The molecule has 0 aromatic heterocycles. The van der Waals surface area contributed by atoms with Crippen molar-refractivity contribution in [1.29, 1.82) is 0 Å². The van der Waals surface area contributed by atoms with Crippen LogP contribution in [0, 0.1) is 5.92 Å². The van der Waals surface area contributed by atoms with Crippen LogP contribution in [0.25, 0.3) is 0 Å². The molecule has 0 fully saturated rings. The lowest BCUT2D eigenvalue weighted by atomic mass is 9.93. The van der Waals surface area contributed by atoms with Crippen LogP contribution in [-0.2, 0) is 11.2 Å². The summed E-state index contributed by atoms with van der Waals surface area (Å²) in [6.45, 7) is 6.31. The molecule has 0 unspecified atom stereocenters. The molecule has 0 aliphatic rings. The van der Waals surface area contributed by atoms with Crippen molar-refractivity contribution in [2.75, 3.05) is 0 Å². The molecular weight excluding hydrogens is 326 g/mol. The Morgan fingerprint density at radius 2 is 1.58 bits per heavy atom. The van der Waals surface area contributed by atoms with Crippen molar-refractivity contribution in [2.24, 2.45) is 11.7 Å². The van der Waals surface area contributed by atoms with Crippen LogP contribution in [-0.4, -0.2) is 11.9 Å². The molecule has 0 saturated heterocycles. The van der Waals surface area contributed by atoms with Crippen molar-refractivity contribution < 1.29 is 9.59 Å². The minimum atomic E-state index is -0.855. The molecule has 0 aliphatic heterocycles. The van der Waals surface area contributed by atoms with Gasteiger partial charge in [0.2, 0.25) is 5.91 Å². The van der Waals surface area contributed by atoms with E-state index in [2.05, 4.69) is 55.7 Å². The van der Waals surface area contributed by atoms with Crippen molar-refractivity contribution in [3.63, 3.8) is 0 Å². The van der Waals surface area contributed by atoms with Gasteiger partial charge in [-0.3, -0.25) is 15.4 Å². The van der Waals surface area contributed by atoms with Gasteiger partial charge in [0, 0.05) is 6.04 Å². The second-order valence-corrected chi connectivity index (χ2v) is 6.68. The number of benzene rings is 2. The summed E-state index contributed by atoms with van der Waals surface area (Å²) in [5.41, 5.74) is 8.29. The number of aryl methyl sites for hydroxylation is 1. The highest BCUT2D eigenvalue weighted by molar-refractivity contribution is 5.96. The number of carbonyl (C=O) groups is 2. The Balaban J connectivity index is 2.32. The Labute approximate surface area is 155 Å². The minimum absolute atomic E-state index is 0.0512. The Morgan fingerprint density at radius 3 is 2.08 bits per heavy atom. The lowest BCUT2D eigenvalue weighted by Gasteiger charge is -2.28. The van der Waals surface area contributed by atoms with E-state index < -0.39 is 18.0 Å². The third-order valence-electron chi connectivity index (χ3n) is 4.40. The van der Waals surface area contributed by atoms with Crippen LogP contribution in [0.15, 0.2) is 54.6 Å². The third-order valence-corrected chi connectivity index (χ3v) is 4.40. The number of hydrogen-bond donors (Lipinski definition) is 3. The number of amides is 3. The number of imide groups is 1. The first kappa shape index (κ1) is 19.7. The maximum atomic E-state index is 12.6. The first-order valence-electron chi connectivity index (χ1n) is 8.92. The fraction of sp³-hybridized carbons (Fsp3) is 0.333. The van der Waals surface area contributed by atoms with Crippen molar-refractivity contribution in [3.8, 4) is 0 Å². The molecule has 0 heterocycles. The molecule has 138 valence electrons. The van der Waals surface area contributed by atoms with Gasteiger partial charge < -0.3 is 5.73 Å². The van der Waals surface area contributed by atoms with Gasteiger partial charge in [0.25, 0.3) is 0 Å². The maximum absolute atomic E-state index is 12.6. The summed E-state index contributed by atoms with van der Waals surface area (Å²) in [6.07, 6.45) is 0.980. The molecule has 2 atom stereocenters. The Hall–Kier alpha value is -2.66. The van der Waals surface area contributed by atoms with E-state index in [1.807, 2.05) is 30.3 Å². The van der Waals surface area contributed by atoms with Crippen LogP contribution in [0.2, 0.25) is 0 Å². The van der Waals surface area contributed by atoms with Gasteiger partial charge in [-0.2, -0.15) is 0 Å². The predicted molar refractivity (Wildman–Crippen MR) is 103 cm³/mol. The fourth-order valence-electron chi connectivity index (χ4n) is 2.98. The van der Waals surface area contributed by atoms with Crippen LogP contribution in [0.4, 0.5) is 4.79 Å². The molecule has 2 aromatic carbocycles. The summed E-state index contributed by atoms with van der Waals surface area (Å²) < 4.78 is 0. The standard InChI is InChI=1S/C21H27N3O2/c1-4-15-10-12-17(13-11-15)18(14(2)3)23-19(20(25)24-21(22)26)16-8-6-5-7-9-16/h5-14,18-19,23H,4H2,1-3H3,(H3,22,24,25,26)/t18-,19+/m1/s1. The number of urea groups is 1. The second kappa shape index (κ2) is 9.15.